The summed E-state index contributed by atoms with van der Waals surface area (Å²) in [7, 11) is 2.10. The first-order valence-electron chi connectivity index (χ1n) is 5.09. The Morgan fingerprint density at radius 1 is 1.46 bits per heavy atom. The average Bonchev–Trinajstić information content (AvgIpc) is 2.73. The van der Waals surface area contributed by atoms with Crippen LogP contribution < -0.4 is 0 Å². The number of likely N-dealkylation sites (tertiary alicyclic amines) is 1. The van der Waals surface area contributed by atoms with Gasteiger partial charge in [0.1, 0.15) is 5.78 Å². The number of hydrogen-bond donors (Lipinski definition) is 0. The molecule has 2 aliphatic rings. The van der Waals surface area contributed by atoms with Crippen molar-refractivity contribution in [2.75, 3.05) is 7.05 Å². The molecule has 2 rings (SSSR count). The van der Waals surface area contributed by atoms with Crippen molar-refractivity contribution in [2.24, 2.45) is 11.3 Å². The van der Waals surface area contributed by atoms with E-state index in [9.17, 15) is 4.79 Å². The minimum Gasteiger partial charge on any atom is -0.298 e. The van der Waals surface area contributed by atoms with Crippen molar-refractivity contribution < 1.29 is 4.79 Å². The van der Waals surface area contributed by atoms with Crippen molar-refractivity contribution in [1.82, 2.24) is 4.90 Å². The summed E-state index contributed by atoms with van der Waals surface area (Å²) in [6.07, 6.45) is 1.08. The molecular weight excluding hydrogens is 162 g/mol. The normalized spacial score (nSPS) is 47.5. The second kappa shape index (κ2) is 2.17. The summed E-state index contributed by atoms with van der Waals surface area (Å²) in [4.78, 5) is 13.9. The first-order chi connectivity index (χ1) is 5.85. The zero-order valence-electron chi connectivity index (χ0n) is 9.22. The van der Waals surface area contributed by atoms with E-state index in [1.54, 1.807) is 6.92 Å². The van der Waals surface area contributed by atoms with E-state index in [1.165, 1.54) is 0 Å². The summed E-state index contributed by atoms with van der Waals surface area (Å²) in [6.45, 7) is 8.55. The van der Waals surface area contributed by atoms with Crippen LogP contribution in [0, 0.1) is 11.3 Å². The molecule has 1 saturated heterocycles. The Bertz CT molecular complexity index is 267. The Labute approximate surface area is 80.3 Å². The molecule has 1 aliphatic heterocycles. The van der Waals surface area contributed by atoms with Gasteiger partial charge in [-0.2, -0.15) is 0 Å². The molecule has 1 heterocycles. The van der Waals surface area contributed by atoms with Crippen molar-refractivity contribution in [3.05, 3.63) is 0 Å². The predicted molar refractivity (Wildman–Crippen MR) is 52.5 cm³/mol. The van der Waals surface area contributed by atoms with Crippen LogP contribution in [0.15, 0.2) is 0 Å². The fraction of sp³-hybridized carbons (Fsp3) is 0.909. The molecule has 74 valence electrons. The first-order valence-corrected chi connectivity index (χ1v) is 5.09. The van der Waals surface area contributed by atoms with Crippen LogP contribution in [0.5, 0.6) is 0 Å². The zero-order chi connectivity index (χ0) is 10.0. The number of Topliss-reactive ketones (excluding diaryl/α,β-unsaturated/α-hetero) is 1. The van der Waals surface area contributed by atoms with Crippen LogP contribution in [-0.2, 0) is 4.79 Å². The van der Waals surface area contributed by atoms with Gasteiger partial charge in [-0.1, -0.05) is 13.8 Å². The van der Waals surface area contributed by atoms with Gasteiger partial charge < -0.3 is 0 Å². The van der Waals surface area contributed by atoms with E-state index in [2.05, 4.69) is 32.7 Å². The Hall–Kier alpha value is -0.370. The van der Waals surface area contributed by atoms with Crippen molar-refractivity contribution in [1.29, 1.82) is 0 Å². The number of likely N-dealkylation sites (N-methyl/N-ethyl adjacent to an activating group) is 1. The maximum atomic E-state index is 11.6. The molecule has 1 aliphatic carbocycles. The van der Waals surface area contributed by atoms with E-state index in [4.69, 9.17) is 0 Å². The second-order valence-electron chi connectivity index (χ2n) is 5.35. The zero-order valence-corrected chi connectivity index (χ0v) is 9.22. The van der Waals surface area contributed by atoms with Crippen LogP contribution in [0.1, 0.15) is 34.1 Å². The molecule has 0 spiro atoms. The number of carbonyl (C=O) groups is 1. The Morgan fingerprint density at radius 3 is 2.23 bits per heavy atom. The van der Waals surface area contributed by atoms with E-state index in [0.717, 1.165) is 6.42 Å². The quantitative estimate of drug-likeness (QED) is 0.613. The van der Waals surface area contributed by atoms with Crippen molar-refractivity contribution >= 4 is 5.78 Å². The maximum absolute atomic E-state index is 11.6. The molecule has 2 nitrogen and oxygen atoms in total. The molecule has 0 aromatic heterocycles. The Kier molecular flexibility index (Phi) is 1.53. The van der Waals surface area contributed by atoms with E-state index in [-0.39, 0.29) is 5.54 Å². The third-order valence-corrected chi connectivity index (χ3v) is 4.73. The van der Waals surface area contributed by atoms with Crippen LogP contribution in [-0.4, -0.2) is 29.3 Å². The fourth-order valence-corrected chi connectivity index (χ4v) is 3.29. The van der Waals surface area contributed by atoms with Crippen molar-refractivity contribution in [3.63, 3.8) is 0 Å². The lowest BCUT2D eigenvalue weighted by Crippen LogP contribution is -2.43. The van der Waals surface area contributed by atoms with Gasteiger partial charge in [-0.05, 0) is 38.6 Å². The van der Waals surface area contributed by atoms with Gasteiger partial charge in [0, 0.05) is 6.04 Å². The fourth-order valence-electron chi connectivity index (χ4n) is 3.29. The lowest BCUT2D eigenvalue weighted by atomic mass is 9.82. The van der Waals surface area contributed by atoms with E-state index >= 15 is 0 Å². The van der Waals surface area contributed by atoms with Crippen molar-refractivity contribution in [2.45, 2.75) is 45.7 Å². The predicted octanol–water partition coefficient (Wildman–Crippen LogP) is 1.69. The SMILES string of the molecule is CC(=O)C12CC1C(C)(C)C(C)N2C. The highest BCUT2D eigenvalue weighted by molar-refractivity contribution is 5.91. The molecule has 0 bridgehead atoms. The second-order valence-corrected chi connectivity index (χ2v) is 5.35. The Balaban J connectivity index is 2.38. The number of piperidine rings is 1. The highest BCUT2D eigenvalue weighted by Gasteiger charge is 2.73. The molecule has 3 atom stereocenters. The standard InChI is InChI=1S/C11H19NO/c1-7-10(3,4)9-6-11(9,8(2)13)12(7)5/h7,9H,6H2,1-5H3. The van der Waals surface area contributed by atoms with Crippen LogP contribution in [0.3, 0.4) is 0 Å². The molecule has 1 saturated carbocycles. The van der Waals surface area contributed by atoms with Crippen molar-refractivity contribution in [3.8, 4) is 0 Å². The molecule has 3 unspecified atom stereocenters. The third-order valence-electron chi connectivity index (χ3n) is 4.73. The van der Waals surface area contributed by atoms with Gasteiger partial charge in [0.05, 0.1) is 5.54 Å². The molecule has 0 aromatic carbocycles. The highest BCUT2D eigenvalue weighted by Crippen LogP contribution is 2.65. The van der Waals surface area contributed by atoms with Gasteiger partial charge in [-0.25, -0.2) is 0 Å². The van der Waals surface area contributed by atoms with Gasteiger partial charge in [0.15, 0.2) is 0 Å². The lowest BCUT2D eigenvalue weighted by molar-refractivity contribution is -0.123. The summed E-state index contributed by atoms with van der Waals surface area (Å²) in [5.74, 6) is 0.954. The third kappa shape index (κ3) is 0.804. The van der Waals surface area contributed by atoms with Crippen LogP contribution in [0.2, 0.25) is 0 Å². The first kappa shape index (κ1) is 9.20. The lowest BCUT2D eigenvalue weighted by Gasteiger charge is -2.32. The Morgan fingerprint density at radius 2 is 2.00 bits per heavy atom. The number of rotatable bonds is 1. The molecular formula is C11H19NO. The van der Waals surface area contributed by atoms with E-state index in [0.29, 0.717) is 23.2 Å². The summed E-state index contributed by atoms with van der Waals surface area (Å²) in [5.41, 5.74) is 0.226. The molecule has 0 amide bonds. The van der Waals surface area contributed by atoms with Crippen LogP contribution >= 0.6 is 0 Å². The number of fused-ring (bicyclic) bond motifs is 1. The number of nitrogens with zero attached hydrogens (tertiary/aromatic N) is 1. The van der Waals surface area contributed by atoms with Crippen LogP contribution in [0.25, 0.3) is 0 Å². The molecule has 0 radical (unpaired) electrons. The average molecular weight is 181 g/mol. The van der Waals surface area contributed by atoms with Crippen LogP contribution in [0.4, 0.5) is 0 Å². The number of hydrogen-bond acceptors (Lipinski definition) is 2. The van der Waals surface area contributed by atoms with Gasteiger partial charge in [0.25, 0.3) is 0 Å². The molecule has 0 aromatic rings. The largest absolute Gasteiger partial charge is 0.298 e. The monoisotopic (exact) mass is 181 g/mol. The molecule has 0 N–H and O–H groups in total. The van der Waals surface area contributed by atoms with E-state index in [1.807, 2.05) is 0 Å². The number of ketones is 1. The van der Waals surface area contributed by atoms with Gasteiger partial charge in [0.2, 0.25) is 0 Å². The summed E-state index contributed by atoms with van der Waals surface area (Å²) in [6, 6.07) is 0.523. The molecule has 13 heavy (non-hydrogen) atoms. The topological polar surface area (TPSA) is 20.3 Å². The minimum atomic E-state index is -0.0804. The minimum absolute atomic E-state index is 0.0804. The summed E-state index contributed by atoms with van der Waals surface area (Å²) in [5, 5.41) is 0. The van der Waals surface area contributed by atoms with E-state index < -0.39 is 0 Å². The number of carbonyl (C=O) groups excluding carboxylic acids is 1. The molecule has 2 fully saturated rings. The van der Waals surface area contributed by atoms with Gasteiger partial charge >= 0.3 is 0 Å². The highest BCUT2D eigenvalue weighted by atomic mass is 16.1. The smallest absolute Gasteiger partial charge is 0.150 e. The van der Waals surface area contributed by atoms with Gasteiger partial charge in [-0.3, -0.25) is 9.69 Å². The summed E-state index contributed by atoms with van der Waals surface area (Å²) < 4.78 is 0. The maximum Gasteiger partial charge on any atom is 0.150 e. The van der Waals surface area contributed by atoms with Gasteiger partial charge in [-0.15, -0.1) is 0 Å². The molecule has 2 heteroatoms. The summed E-state index contributed by atoms with van der Waals surface area (Å²) >= 11 is 0.